The van der Waals surface area contributed by atoms with Crippen LogP contribution < -0.4 is 0 Å². The average Bonchev–Trinajstić information content (AvgIpc) is 2.74. The SMILES string of the molecule is C[C@]12C=CC3=C4CCC(=O)C=C4CC[C@H]3[C@@H]1C=CC2O. The Labute approximate surface area is 119 Å². The zero-order valence-corrected chi connectivity index (χ0v) is 11.8. The molecule has 4 rings (SSSR count). The molecule has 20 heavy (non-hydrogen) atoms. The van der Waals surface area contributed by atoms with Gasteiger partial charge < -0.3 is 5.11 Å². The Kier molecular flexibility index (Phi) is 2.50. The monoisotopic (exact) mass is 268 g/mol. The van der Waals surface area contributed by atoms with E-state index in [4.69, 9.17) is 0 Å². The molecule has 104 valence electrons. The fourth-order valence-corrected chi connectivity index (χ4v) is 4.49. The summed E-state index contributed by atoms with van der Waals surface area (Å²) in [5.74, 6) is 1.20. The molecule has 0 bridgehead atoms. The van der Waals surface area contributed by atoms with Gasteiger partial charge in [0.05, 0.1) is 6.10 Å². The third-order valence-electron chi connectivity index (χ3n) is 5.73. The molecule has 0 saturated carbocycles. The number of hydrogen-bond donors (Lipinski definition) is 1. The molecule has 4 aliphatic carbocycles. The molecule has 0 amide bonds. The number of carbonyl (C=O) groups is 1. The molecular weight excluding hydrogens is 248 g/mol. The first-order valence-corrected chi connectivity index (χ1v) is 7.62. The van der Waals surface area contributed by atoms with Crippen LogP contribution in [0.2, 0.25) is 0 Å². The van der Waals surface area contributed by atoms with Gasteiger partial charge in [-0.05, 0) is 53.9 Å². The van der Waals surface area contributed by atoms with E-state index in [-0.39, 0.29) is 17.3 Å². The van der Waals surface area contributed by atoms with Crippen LogP contribution in [0.3, 0.4) is 0 Å². The number of carbonyl (C=O) groups excluding carboxylic acids is 1. The normalized spacial score (nSPS) is 42.2. The van der Waals surface area contributed by atoms with Gasteiger partial charge in [-0.3, -0.25) is 4.79 Å². The van der Waals surface area contributed by atoms with E-state index < -0.39 is 0 Å². The number of hydrogen-bond acceptors (Lipinski definition) is 2. The number of rotatable bonds is 0. The van der Waals surface area contributed by atoms with E-state index in [1.54, 1.807) is 0 Å². The zero-order chi connectivity index (χ0) is 13.9. The largest absolute Gasteiger partial charge is 0.388 e. The van der Waals surface area contributed by atoms with Crippen molar-refractivity contribution < 1.29 is 9.90 Å². The topological polar surface area (TPSA) is 37.3 Å². The van der Waals surface area contributed by atoms with Crippen LogP contribution in [0.25, 0.3) is 0 Å². The van der Waals surface area contributed by atoms with Crippen LogP contribution in [0.15, 0.2) is 47.1 Å². The van der Waals surface area contributed by atoms with E-state index in [0.717, 1.165) is 19.3 Å². The standard InChI is InChI=1S/C18H20O2/c1-18-9-8-14-13-5-3-12(19)10-11(13)2-4-15(14)16(18)6-7-17(18)20/h6-10,15-17,20H,2-5H2,1H3/t15-,16+,17?,18+/m1/s1. The molecule has 0 fully saturated rings. The van der Waals surface area contributed by atoms with Gasteiger partial charge in [-0.15, -0.1) is 0 Å². The zero-order valence-electron chi connectivity index (χ0n) is 11.8. The fourth-order valence-electron chi connectivity index (χ4n) is 4.49. The summed E-state index contributed by atoms with van der Waals surface area (Å²) in [5, 5.41) is 10.2. The van der Waals surface area contributed by atoms with E-state index in [1.165, 1.54) is 16.7 Å². The van der Waals surface area contributed by atoms with Crippen molar-refractivity contribution in [3.8, 4) is 0 Å². The molecule has 4 atom stereocenters. The van der Waals surface area contributed by atoms with Gasteiger partial charge in [0.1, 0.15) is 0 Å². The van der Waals surface area contributed by atoms with E-state index in [2.05, 4.69) is 25.2 Å². The number of ketones is 1. The minimum atomic E-state index is -0.361. The highest BCUT2D eigenvalue weighted by Gasteiger charge is 2.48. The van der Waals surface area contributed by atoms with E-state index in [1.807, 2.05) is 12.2 Å². The van der Waals surface area contributed by atoms with Gasteiger partial charge in [-0.2, -0.15) is 0 Å². The minimum Gasteiger partial charge on any atom is -0.388 e. The summed E-state index contributed by atoms with van der Waals surface area (Å²) in [7, 11) is 0. The lowest BCUT2D eigenvalue weighted by molar-refractivity contribution is -0.114. The molecule has 0 aromatic heterocycles. The van der Waals surface area contributed by atoms with Crippen molar-refractivity contribution >= 4 is 5.78 Å². The maximum atomic E-state index is 11.6. The van der Waals surface area contributed by atoms with Crippen molar-refractivity contribution in [3.05, 3.63) is 47.1 Å². The van der Waals surface area contributed by atoms with Crippen LogP contribution in [-0.2, 0) is 4.79 Å². The van der Waals surface area contributed by atoms with E-state index in [0.29, 0.717) is 18.3 Å². The summed E-state index contributed by atoms with van der Waals surface area (Å²) in [6, 6.07) is 0. The minimum absolute atomic E-state index is 0.138. The molecule has 4 aliphatic rings. The third-order valence-corrected chi connectivity index (χ3v) is 5.73. The average molecular weight is 268 g/mol. The van der Waals surface area contributed by atoms with Crippen molar-refractivity contribution in [2.45, 2.75) is 38.7 Å². The molecule has 0 heterocycles. The van der Waals surface area contributed by atoms with Gasteiger partial charge in [0.15, 0.2) is 5.78 Å². The molecule has 2 nitrogen and oxygen atoms in total. The number of allylic oxidation sites excluding steroid dienone is 6. The highest BCUT2D eigenvalue weighted by Crippen LogP contribution is 2.54. The molecule has 1 unspecified atom stereocenters. The van der Waals surface area contributed by atoms with Gasteiger partial charge in [0, 0.05) is 11.8 Å². The molecule has 0 spiro atoms. The quantitative estimate of drug-likeness (QED) is 0.685. The van der Waals surface area contributed by atoms with Crippen molar-refractivity contribution in [1.82, 2.24) is 0 Å². The predicted octanol–water partition coefficient (Wildman–Crippen LogP) is 3.11. The molecule has 0 aliphatic heterocycles. The predicted molar refractivity (Wildman–Crippen MR) is 78.0 cm³/mol. The summed E-state index contributed by atoms with van der Waals surface area (Å²) in [6.45, 7) is 2.16. The molecule has 2 heteroatoms. The molecular formula is C18H20O2. The van der Waals surface area contributed by atoms with Gasteiger partial charge in [0.2, 0.25) is 0 Å². The lowest BCUT2D eigenvalue weighted by Gasteiger charge is -2.44. The van der Waals surface area contributed by atoms with Crippen LogP contribution >= 0.6 is 0 Å². The maximum absolute atomic E-state index is 11.6. The first-order valence-electron chi connectivity index (χ1n) is 7.62. The van der Waals surface area contributed by atoms with Crippen molar-refractivity contribution in [3.63, 3.8) is 0 Å². The second kappa shape index (κ2) is 4.05. The summed E-state index contributed by atoms with van der Waals surface area (Å²) >= 11 is 0. The Morgan fingerprint density at radius 3 is 2.95 bits per heavy atom. The Balaban J connectivity index is 1.84. The van der Waals surface area contributed by atoms with E-state index in [9.17, 15) is 9.90 Å². The fraction of sp³-hybridized carbons (Fsp3) is 0.500. The van der Waals surface area contributed by atoms with Gasteiger partial charge in [0.25, 0.3) is 0 Å². The molecule has 0 aromatic rings. The van der Waals surface area contributed by atoms with Crippen LogP contribution in [0.5, 0.6) is 0 Å². The van der Waals surface area contributed by atoms with Crippen LogP contribution in [-0.4, -0.2) is 17.0 Å². The second-order valence-electron chi connectivity index (χ2n) is 6.77. The highest BCUT2D eigenvalue weighted by atomic mass is 16.3. The highest BCUT2D eigenvalue weighted by molar-refractivity contribution is 5.93. The summed E-state index contributed by atoms with van der Waals surface area (Å²) in [5.41, 5.74) is 3.97. The Morgan fingerprint density at radius 1 is 1.25 bits per heavy atom. The summed E-state index contributed by atoms with van der Waals surface area (Å²) in [6.07, 6.45) is 13.8. The van der Waals surface area contributed by atoms with Crippen molar-refractivity contribution in [2.75, 3.05) is 0 Å². The second-order valence-corrected chi connectivity index (χ2v) is 6.77. The number of fused-ring (bicyclic) bond motifs is 4. The molecule has 0 saturated heterocycles. The first kappa shape index (κ1) is 12.3. The van der Waals surface area contributed by atoms with Crippen LogP contribution in [0, 0.1) is 17.3 Å². The van der Waals surface area contributed by atoms with Crippen molar-refractivity contribution in [2.24, 2.45) is 17.3 Å². The summed E-state index contributed by atoms with van der Waals surface area (Å²) in [4.78, 5) is 11.6. The van der Waals surface area contributed by atoms with E-state index >= 15 is 0 Å². The van der Waals surface area contributed by atoms with Crippen molar-refractivity contribution in [1.29, 1.82) is 0 Å². The summed E-state index contributed by atoms with van der Waals surface area (Å²) < 4.78 is 0. The number of aliphatic hydroxyl groups is 1. The van der Waals surface area contributed by atoms with Gasteiger partial charge >= 0.3 is 0 Å². The Bertz CT molecular complexity index is 605. The number of aliphatic hydroxyl groups excluding tert-OH is 1. The smallest absolute Gasteiger partial charge is 0.156 e. The first-order chi connectivity index (χ1) is 9.59. The lowest BCUT2D eigenvalue weighted by atomic mass is 9.60. The van der Waals surface area contributed by atoms with Crippen LogP contribution in [0.4, 0.5) is 0 Å². The maximum Gasteiger partial charge on any atom is 0.156 e. The molecule has 1 N–H and O–H groups in total. The molecule has 0 radical (unpaired) electrons. The Hall–Kier alpha value is -1.41. The van der Waals surface area contributed by atoms with Crippen LogP contribution in [0.1, 0.15) is 32.6 Å². The lowest BCUT2D eigenvalue weighted by Crippen LogP contribution is -2.39. The van der Waals surface area contributed by atoms with Gasteiger partial charge in [-0.25, -0.2) is 0 Å². The van der Waals surface area contributed by atoms with Gasteiger partial charge in [-0.1, -0.05) is 31.2 Å². The molecule has 0 aromatic carbocycles. The third kappa shape index (κ3) is 1.51. The Morgan fingerprint density at radius 2 is 2.10 bits per heavy atom.